The number of methoxy groups -OCH3 is 1. The van der Waals surface area contributed by atoms with Crippen molar-refractivity contribution in [3.63, 3.8) is 0 Å². The van der Waals surface area contributed by atoms with Gasteiger partial charge in [-0.1, -0.05) is 13.8 Å². The van der Waals surface area contributed by atoms with Crippen LogP contribution in [0.4, 0.5) is 0 Å². The molecule has 1 rings (SSSR count). The van der Waals surface area contributed by atoms with E-state index in [0.717, 1.165) is 24.4 Å². The molecule has 3 atom stereocenters. The summed E-state index contributed by atoms with van der Waals surface area (Å²) in [6.07, 6.45) is 6.60. The molecular formula is C15H31NO. The molecule has 3 unspecified atom stereocenters. The summed E-state index contributed by atoms with van der Waals surface area (Å²) in [5.74, 6) is 1.74. The molecule has 2 heteroatoms. The molecule has 0 heterocycles. The fourth-order valence-electron chi connectivity index (χ4n) is 2.98. The Kier molecular flexibility index (Phi) is 5.94. The van der Waals surface area contributed by atoms with Crippen molar-refractivity contribution in [3.05, 3.63) is 0 Å². The number of ether oxygens (including phenoxy) is 1. The molecule has 0 radical (unpaired) electrons. The summed E-state index contributed by atoms with van der Waals surface area (Å²) < 4.78 is 5.53. The molecule has 1 aliphatic rings. The first-order valence-electron chi connectivity index (χ1n) is 7.27. The second kappa shape index (κ2) is 6.75. The zero-order valence-electron chi connectivity index (χ0n) is 12.4. The molecule has 0 bridgehead atoms. The van der Waals surface area contributed by atoms with Crippen LogP contribution in [-0.2, 0) is 4.74 Å². The molecular weight excluding hydrogens is 210 g/mol. The van der Waals surface area contributed by atoms with E-state index in [1.54, 1.807) is 0 Å². The Morgan fingerprint density at radius 2 is 2.00 bits per heavy atom. The van der Waals surface area contributed by atoms with Crippen LogP contribution >= 0.6 is 0 Å². The standard InChI is InChI=1S/C15H31NO/c1-6-16-14-8-7-12(2)11-13(14)9-10-15(3,4)17-5/h12-14,16H,6-11H2,1-5H3. The molecule has 0 amide bonds. The number of nitrogens with one attached hydrogen (secondary N) is 1. The van der Waals surface area contributed by atoms with E-state index >= 15 is 0 Å². The molecule has 2 nitrogen and oxygen atoms in total. The van der Waals surface area contributed by atoms with Gasteiger partial charge in [0.05, 0.1) is 5.60 Å². The normalized spacial score (nSPS) is 30.5. The Morgan fingerprint density at radius 3 is 2.59 bits per heavy atom. The first-order chi connectivity index (χ1) is 7.98. The van der Waals surface area contributed by atoms with Crippen molar-refractivity contribution in [1.82, 2.24) is 5.32 Å². The van der Waals surface area contributed by atoms with Crippen LogP contribution in [0.1, 0.15) is 59.8 Å². The molecule has 17 heavy (non-hydrogen) atoms. The van der Waals surface area contributed by atoms with Crippen molar-refractivity contribution in [2.75, 3.05) is 13.7 Å². The van der Waals surface area contributed by atoms with E-state index in [2.05, 4.69) is 33.0 Å². The van der Waals surface area contributed by atoms with Crippen LogP contribution in [0, 0.1) is 11.8 Å². The van der Waals surface area contributed by atoms with Crippen LogP contribution in [0.2, 0.25) is 0 Å². The Hall–Kier alpha value is -0.0800. The highest BCUT2D eigenvalue weighted by atomic mass is 16.5. The average molecular weight is 241 g/mol. The van der Waals surface area contributed by atoms with Gasteiger partial charge in [0.2, 0.25) is 0 Å². The van der Waals surface area contributed by atoms with Gasteiger partial charge in [-0.15, -0.1) is 0 Å². The molecule has 0 aromatic carbocycles. The van der Waals surface area contributed by atoms with Crippen molar-refractivity contribution in [3.8, 4) is 0 Å². The van der Waals surface area contributed by atoms with E-state index in [4.69, 9.17) is 4.74 Å². The highest BCUT2D eigenvalue weighted by Gasteiger charge is 2.29. The van der Waals surface area contributed by atoms with Gasteiger partial charge in [0.15, 0.2) is 0 Å². The van der Waals surface area contributed by atoms with E-state index in [-0.39, 0.29) is 5.60 Å². The largest absolute Gasteiger partial charge is 0.379 e. The molecule has 1 N–H and O–H groups in total. The topological polar surface area (TPSA) is 21.3 Å². The first-order valence-corrected chi connectivity index (χ1v) is 7.27. The van der Waals surface area contributed by atoms with Crippen LogP contribution in [0.25, 0.3) is 0 Å². The lowest BCUT2D eigenvalue weighted by atomic mass is 9.75. The number of hydrogen-bond acceptors (Lipinski definition) is 2. The Morgan fingerprint density at radius 1 is 1.29 bits per heavy atom. The third-order valence-corrected chi connectivity index (χ3v) is 4.38. The minimum absolute atomic E-state index is 0.0391. The highest BCUT2D eigenvalue weighted by molar-refractivity contribution is 4.85. The van der Waals surface area contributed by atoms with Gasteiger partial charge in [-0.3, -0.25) is 0 Å². The van der Waals surface area contributed by atoms with Gasteiger partial charge in [0.25, 0.3) is 0 Å². The second-order valence-corrected chi connectivity index (χ2v) is 6.34. The fraction of sp³-hybridized carbons (Fsp3) is 1.00. The highest BCUT2D eigenvalue weighted by Crippen LogP contribution is 2.33. The lowest BCUT2D eigenvalue weighted by Crippen LogP contribution is -2.41. The smallest absolute Gasteiger partial charge is 0.0622 e. The summed E-state index contributed by atoms with van der Waals surface area (Å²) in [7, 11) is 1.82. The lowest BCUT2D eigenvalue weighted by molar-refractivity contribution is 0.00652. The predicted octanol–water partition coefficient (Wildman–Crippen LogP) is 3.61. The van der Waals surface area contributed by atoms with Gasteiger partial charge in [-0.2, -0.15) is 0 Å². The van der Waals surface area contributed by atoms with E-state index < -0.39 is 0 Å². The van der Waals surface area contributed by atoms with Crippen molar-refractivity contribution >= 4 is 0 Å². The van der Waals surface area contributed by atoms with Crippen molar-refractivity contribution in [2.45, 2.75) is 71.4 Å². The molecule has 1 fully saturated rings. The zero-order valence-corrected chi connectivity index (χ0v) is 12.4. The third kappa shape index (κ3) is 4.97. The molecule has 0 aliphatic heterocycles. The van der Waals surface area contributed by atoms with Gasteiger partial charge in [0, 0.05) is 13.2 Å². The lowest BCUT2D eigenvalue weighted by Gasteiger charge is -2.37. The van der Waals surface area contributed by atoms with Gasteiger partial charge >= 0.3 is 0 Å². The zero-order chi connectivity index (χ0) is 12.9. The van der Waals surface area contributed by atoms with Crippen LogP contribution in [-0.4, -0.2) is 25.3 Å². The molecule has 0 spiro atoms. The molecule has 102 valence electrons. The second-order valence-electron chi connectivity index (χ2n) is 6.34. The third-order valence-electron chi connectivity index (χ3n) is 4.38. The number of hydrogen-bond donors (Lipinski definition) is 1. The Labute approximate surface area is 108 Å². The van der Waals surface area contributed by atoms with Gasteiger partial charge in [-0.05, 0) is 64.3 Å². The summed E-state index contributed by atoms with van der Waals surface area (Å²) in [5, 5.41) is 3.67. The van der Waals surface area contributed by atoms with E-state index in [9.17, 15) is 0 Å². The molecule has 1 aliphatic carbocycles. The van der Waals surface area contributed by atoms with E-state index in [1.165, 1.54) is 32.1 Å². The SMILES string of the molecule is CCNC1CCC(C)CC1CCC(C)(C)OC. The summed E-state index contributed by atoms with van der Waals surface area (Å²) >= 11 is 0. The Bertz CT molecular complexity index is 215. The van der Waals surface area contributed by atoms with Crippen LogP contribution < -0.4 is 5.32 Å². The maximum atomic E-state index is 5.53. The minimum Gasteiger partial charge on any atom is -0.379 e. The molecule has 0 saturated heterocycles. The first kappa shape index (κ1) is 15.0. The van der Waals surface area contributed by atoms with Gasteiger partial charge in [-0.25, -0.2) is 0 Å². The van der Waals surface area contributed by atoms with Gasteiger partial charge in [0.1, 0.15) is 0 Å². The molecule has 1 saturated carbocycles. The number of rotatable bonds is 6. The van der Waals surface area contributed by atoms with Crippen LogP contribution in [0.15, 0.2) is 0 Å². The summed E-state index contributed by atoms with van der Waals surface area (Å²) in [5.41, 5.74) is 0.0391. The van der Waals surface area contributed by atoms with Crippen molar-refractivity contribution < 1.29 is 4.74 Å². The monoisotopic (exact) mass is 241 g/mol. The Balaban J connectivity index is 2.46. The van der Waals surface area contributed by atoms with Crippen LogP contribution in [0.3, 0.4) is 0 Å². The van der Waals surface area contributed by atoms with E-state index in [0.29, 0.717) is 0 Å². The van der Waals surface area contributed by atoms with Crippen molar-refractivity contribution in [1.29, 1.82) is 0 Å². The quantitative estimate of drug-likeness (QED) is 0.767. The maximum absolute atomic E-state index is 5.53. The summed E-state index contributed by atoms with van der Waals surface area (Å²) in [6.45, 7) is 10.1. The predicted molar refractivity (Wildman–Crippen MR) is 74.3 cm³/mol. The summed E-state index contributed by atoms with van der Waals surface area (Å²) in [6, 6.07) is 0.740. The molecule has 0 aromatic rings. The minimum atomic E-state index is 0.0391. The van der Waals surface area contributed by atoms with Crippen LogP contribution in [0.5, 0.6) is 0 Å². The van der Waals surface area contributed by atoms with Crippen molar-refractivity contribution in [2.24, 2.45) is 11.8 Å². The fourth-order valence-corrected chi connectivity index (χ4v) is 2.98. The maximum Gasteiger partial charge on any atom is 0.0622 e. The van der Waals surface area contributed by atoms with Gasteiger partial charge < -0.3 is 10.1 Å². The average Bonchev–Trinajstić information content (AvgIpc) is 2.30. The summed E-state index contributed by atoms with van der Waals surface area (Å²) in [4.78, 5) is 0. The molecule has 0 aromatic heterocycles. The van der Waals surface area contributed by atoms with E-state index in [1.807, 2.05) is 7.11 Å².